The molecule has 1 fully saturated rings. The van der Waals surface area contributed by atoms with E-state index >= 15 is 0 Å². The van der Waals surface area contributed by atoms with Gasteiger partial charge in [0.15, 0.2) is 0 Å². The maximum absolute atomic E-state index is 12.6. The molecule has 0 bridgehead atoms. The van der Waals surface area contributed by atoms with Gasteiger partial charge in [0.1, 0.15) is 0 Å². The van der Waals surface area contributed by atoms with Crippen LogP contribution in [0.2, 0.25) is 0 Å². The van der Waals surface area contributed by atoms with Gasteiger partial charge in [0, 0.05) is 30.4 Å². The van der Waals surface area contributed by atoms with Gasteiger partial charge in [-0.1, -0.05) is 35.9 Å². The van der Waals surface area contributed by atoms with Crippen molar-refractivity contribution in [2.75, 3.05) is 16.8 Å². The molecule has 1 aliphatic heterocycles. The minimum absolute atomic E-state index is 0.145. The second-order valence-electron chi connectivity index (χ2n) is 7.83. The highest BCUT2D eigenvalue weighted by atomic mass is 16.2. The molecule has 29 heavy (non-hydrogen) atoms. The Morgan fingerprint density at radius 3 is 2.52 bits per heavy atom. The molecular weight excluding hydrogens is 366 g/mol. The first-order valence-corrected chi connectivity index (χ1v) is 10.1. The lowest BCUT2D eigenvalue weighted by Gasteiger charge is -2.30. The number of anilines is 2. The Balaban J connectivity index is 1.40. The zero-order valence-corrected chi connectivity index (χ0v) is 16.5. The van der Waals surface area contributed by atoms with E-state index in [4.69, 9.17) is 0 Å². The second-order valence-corrected chi connectivity index (χ2v) is 7.83. The normalized spacial score (nSPS) is 15.4. The van der Waals surface area contributed by atoms with Crippen molar-refractivity contribution in [2.24, 2.45) is 5.92 Å². The average molecular weight is 391 g/mol. The number of fused-ring (bicyclic) bond motifs is 1. The summed E-state index contributed by atoms with van der Waals surface area (Å²) in [7, 11) is 0. The third kappa shape index (κ3) is 4.47. The number of carbonyl (C=O) groups is 3. The van der Waals surface area contributed by atoms with E-state index in [9.17, 15) is 14.4 Å². The molecule has 6 heteroatoms. The maximum atomic E-state index is 12.6. The molecular formula is C23H25N3O3. The number of amides is 3. The van der Waals surface area contributed by atoms with Crippen molar-refractivity contribution in [3.8, 4) is 0 Å². The summed E-state index contributed by atoms with van der Waals surface area (Å²) in [5, 5.41) is 5.29. The summed E-state index contributed by atoms with van der Waals surface area (Å²) in [4.78, 5) is 38.9. The van der Waals surface area contributed by atoms with Crippen molar-refractivity contribution in [3.63, 3.8) is 0 Å². The minimum Gasteiger partial charge on any atom is -0.344 e. The van der Waals surface area contributed by atoms with Gasteiger partial charge in [0.25, 0.3) is 0 Å². The van der Waals surface area contributed by atoms with E-state index in [0.717, 1.165) is 48.1 Å². The Morgan fingerprint density at radius 2 is 1.79 bits per heavy atom. The van der Waals surface area contributed by atoms with Gasteiger partial charge < -0.3 is 15.5 Å². The van der Waals surface area contributed by atoms with Gasteiger partial charge in [0.05, 0.1) is 0 Å². The highest BCUT2D eigenvalue weighted by Gasteiger charge is 2.35. The van der Waals surface area contributed by atoms with Gasteiger partial charge in [-0.25, -0.2) is 0 Å². The smallest absolute Gasteiger partial charge is 0.313 e. The van der Waals surface area contributed by atoms with Gasteiger partial charge in [-0.15, -0.1) is 0 Å². The largest absolute Gasteiger partial charge is 0.344 e. The van der Waals surface area contributed by atoms with Crippen molar-refractivity contribution >= 4 is 29.1 Å². The van der Waals surface area contributed by atoms with E-state index in [2.05, 4.69) is 10.6 Å². The number of hydrogen-bond donors (Lipinski definition) is 2. The summed E-state index contributed by atoms with van der Waals surface area (Å²) >= 11 is 0. The van der Waals surface area contributed by atoms with E-state index in [1.54, 1.807) is 12.1 Å². The zero-order chi connectivity index (χ0) is 20.4. The number of nitrogens with one attached hydrogen (secondary N) is 2. The lowest BCUT2D eigenvalue weighted by molar-refractivity contribution is -0.136. The van der Waals surface area contributed by atoms with Crippen molar-refractivity contribution < 1.29 is 14.4 Å². The van der Waals surface area contributed by atoms with Crippen LogP contribution in [0.4, 0.5) is 11.4 Å². The highest BCUT2D eigenvalue weighted by Crippen LogP contribution is 2.36. The summed E-state index contributed by atoms with van der Waals surface area (Å²) in [5.74, 6) is -1.08. The van der Waals surface area contributed by atoms with E-state index in [1.165, 1.54) is 0 Å². The van der Waals surface area contributed by atoms with E-state index in [1.807, 2.05) is 42.2 Å². The molecule has 2 aromatic rings. The van der Waals surface area contributed by atoms with Crippen molar-refractivity contribution in [3.05, 3.63) is 59.2 Å². The fourth-order valence-electron chi connectivity index (χ4n) is 3.59. The monoisotopic (exact) mass is 391 g/mol. The van der Waals surface area contributed by atoms with Gasteiger partial charge in [-0.2, -0.15) is 0 Å². The first-order chi connectivity index (χ1) is 14.0. The zero-order valence-electron chi connectivity index (χ0n) is 16.5. The van der Waals surface area contributed by atoms with Crippen LogP contribution in [0.3, 0.4) is 0 Å². The fourth-order valence-corrected chi connectivity index (χ4v) is 3.59. The van der Waals surface area contributed by atoms with Crippen LogP contribution in [0.25, 0.3) is 0 Å². The average Bonchev–Trinajstić information content (AvgIpc) is 3.57. The van der Waals surface area contributed by atoms with Crippen LogP contribution < -0.4 is 15.5 Å². The van der Waals surface area contributed by atoms with Gasteiger partial charge in [0.2, 0.25) is 5.91 Å². The van der Waals surface area contributed by atoms with Crippen LogP contribution in [0.5, 0.6) is 0 Å². The molecule has 150 valence electrons. The summed E-state index contributed by atoms with van der Waals surface area (Å²) in [6.45, 7) is 2.99. The molecule has 2 aromatic carbocycles. The third-order valence-electron chi connectivity index (χ3n) is 5.43. The van der Waals surface area contributed by atoms with Crippen molar-refractivity contribution in [1.29, 1.82) is 0 Å². The van der Waals surface area contributed by atoms with Crippen LogP contribution in [0.15, 0.2) is 42.5 Å². The maximum Gasteiger partial charge on any atom is 0.313 e. The predicted molar refractivity (Wildman–Crippen MR) is 111 cm³/mol. The van der Waals surface area contributed by atoms with Crippen LogP contribution in [0.1, 0.15) is 36.0 Å². The summed E-state index contributed by atoms with van der Waals surface area (Å²) in [5.41, 5.74) is 4.55. The molecule has 0 aromatic heterocycles. The SMILES string of the molecule is Cc1ccc(CNC(=O)C(=O)Nc2ccc3c(c2)N(C(=O)C2CC2)CCC3)cc1. The molecule has 1 aliphatic carbocycles. The number of hydrogen-bond acceptors (Lipinski definition) is 3. The second kappa shape index (κ2) is 8.07. The molecule has 1 saturated carbocycles. The molecule has 6 nitrogen and oxygen atoms in total. The topological polar surface area (TPSA) is 78.5 Å². The van der Waals surface area contributed by atoms with Crippen LogP contribution in [-0.2, 0) is 27.3 Å². The first-order valence-electron chi connectivity index (χ1n) is 10.1. The van der Waals surface area contributed by atoms with Crippen LogP contribution in [0, 0.1) is 12.8 Å². The molecule has 2 N–H and O–H groups in total. The quantitative estimate of drug-likeness (QED) is 0.787. The lowest BCUT2D eigenvalue weighted by atomic mass is 10.0. The Kier molecular flexibility index (Phi) is 5.34. The Bertz CT molecular complexity index is 948. The predicted octanol–water partition coefficient (Wildman–Crippen LogP) is 2.94. The Morgan fingerprint density at radius 1 is 1.03 bits per heavy atom. The standard InChI is InChI=1S/C23H25N3O3/c1-15-4-6-16(7-5-15)14-24-21(27)22(28)25-19-11-10-17-3-2-12-26(20(17)13-19)23(29)18-8-9-18/h4-7,10-11,13,18H,2-3,8-9,12,14H2,1H3,(H,24,27)(H,25,28). The fraction of sp³-hybridized carbons (Fsp3) is 0.348. The molecule has 0 saturated heterocycles. The molecule has 1 heterocycles. The molecule has 0 radical (unpaired) electrons. The molecule has 0 spiro atoms. The molecule has 2 aliphatic rings. The van der Waals surface area contributed by atoms with Crippen molar-refractivity contribution in [2.45, 2.75) is 39.2 Å². The van der Waals surface area contributed by atoms with Gasteiger partial charge in [-0.3, -0.25) is 14.4 Å². The van der Waals surface area contributed by atoms with E-state index in [0.29, 0.717) is 18.8 Å². The van der Waals surface area contributed by atoms with Crippen LogP contribution in [-0.4, -0.2) is 24.3 Å². The van der Waals surface area contributed by atoms with Crippen molar-refractivity contribution in [1.82, 2.24) is 5.32 Å². The minimum atomic E-state index is -0.715. The van der Waals surface area contributed by atoms with E-state index in [-0.39, 0.29) is 11.8 Å². The van der Waals surface area contributed by atoms with Gasteiger partial charge in [-0.05, 0) is 55.9 Å². The summed E-state index contributed by atoms with van der Waals surface area (Å²) in [6, 6.07) is 13.3. The number of nitrogens with zero attached hydrogens (tertiary/aromatic N) is 1. The highest BCUT2D eigenvalue weighted by molar-refractivity contribution is 6.39. The van der Waals surface area contributed by atoms with Gasteiger partial charge >= 0.3 is 11.8 Å². The lowest BCUT2D eigenvalue weighted by Crippen LogP contribution is -2.37. The van der Waals surface area contributed by atoms with E-state index < -0.39 is 11.8 Å². The molecule has 4 rings (SSSR count). The number of benzene rings is 2. The first kappa shape index (κ1) is 19.2. The number of rotatable bonds is 4. The molecule has 0 atom stereocenters. The molecule has 3 amide bonds. The third-order valence-corrected chi connectivity index (χ3v) is 5.43. The Labute approximate surface area is 170 Å². The van der Waals surface area contributed by atoms with Crippen LogP contribution >= 0.6 is 0 Å². The Hall–Kier alpha value is -3.15. The summed E-state index contributed by atoms with van der Waals surface area (Å²) in [6.07, 6.45) is 3.78. The molecule has 0 unspecified atom stereocenters. The number of aryl methyl sites for hydroxylation is 2. The summed E-state index contributed by atoms with van der Waals surface area (Å²) < 4.78 is 0. The number of carbonyl (C=O) groups excluding carboxylic acids is 3.